The molecule has 2 rings (SSSR count). The molecule has 4 heteroatoms. The molecule has 0 bridgehead atoms. The molecule has 0 aliphatic heterocycles. The topological polar surface area (TPSA) is 59.7 Å². The lowest BCUT2D eigenvalue weighted by molar-refractivity contribution is 0.0531. The third-order valence-corrected chi connectivity index (χ3v) is 3.06. The maximum absolute atomic E-state index is 11.2. The monoisotopic (exact) mass is 236 g/mol. The van der Waals surface area contributed by atoms with Gasteiger partial charge in [-0.25, -0.2) is 4.79 Å². The number of esters is 1. The number of carbonyl (C=O) groups excluding carboxylic acids is 1. The summed E-state index contributed by atoms with van der Waals surface area (Å²) in [5.41, 5.74) is 0. The van der Waals surface area contributed by atoms with Gasteiger partial charge in [-0.2, -0.15) is 0 Å². The van der Waals surface area contributed by atoms with Crippen LogP contribution in [-0.4, -0.2) is 18.2 Å². The fraction of sp³-hybridized carbons (Fsp3) is 0.462. The highest BCUT2D eigenvalue weighted by atomic mass is 16.5. The van der Waals surface area contributed by atoms with E-state index in [1.54, 1.807) is 6.07 Å². The minimum Gasteiger partial charge on any atom is -0.463 e. The van der Waals surface area contributed by atoms with Crippen molar-refractivity contribution in [1.82, 2.24) is 0 Å². The van der Waals surface area contributed by atoms with Gasteiger partial charge in [-0.3, -0.25) is 0 Å². The summed E-state index contributed by atoms with van der Waals surface area (Å²) in [5.74, 6) is 0.210. The molecule has 2 atom stereocenters. The molecule has 1 aromatic rings. The molecule has 0 aromatic carbocycles. The first-order chi connectivity index (χ1) is 8.22. The van der Waals surface area contributed by atoms with Crippen molar-refractivity contribution in [2.24, 2.45) is 5.92 Å². The first kappa shape index (κ1) is 11.9. The number of hydrogen-bond donors (Lipinski definition) is 1. The number of carbonyl (C=O) groups is 1. The number of rotatable bonds is 3. The largest absolute Gasteiger partial charge is 0.463 e. The van der Waals surface area contributed by atoms with Crippen LogP contribution < -0.4 is 0 Å². The second-order valence-corrected chi connectivity index (χ2v) is 4.18. The Kier molecular flexibility index (Phi) is 3.64. The predicted octanol–water partition coefficient (Wildman–Crippen LogP) is 2.46. The standard InChI is InChI=1S/C13H16O4/c1-16-13(15)11-8-7-10(17-11)12(14)9-5-3-2-4-6-9/h2-3,7-9,12,14H,4-6H2,1H3. The van der Waals surface area contributed by atoms with E-state index in [1.807, 2.05) is 0 Å². The van der Waals surface area contributed by atoms with Gasteiger partial charge in [0.15, 0.2) is 0 Å². The third kappa shape index (κ3) is 2.58. The predicted molar refractivity (Wildman–Crippen MR) is 61.5 cm³/mol. The number of furan rings is 1. The van der Waals surface area contributed by atoms with Gasteiger partial charge in [-0.1, -0.05) is 12.2 Å². The summed E-state index contributed by atoms with van der Waals surface area (Å²) < 4.78 is 9.85. The van der Waals surface area contributed by atoms with Crippen molar-refractivity contribution in [2.45, 2.75) is 25.4 Å². The van der Waals surface area contributed by atoms with Gasteiger partial charge in [0.05, 0.1) is 7.11 Å². The molecule has 1 heterocycles. The van der Waals surface area contributed by atoms with Crippen LogP contribution in [0.15, 0.2) is 28.7 Å². The van der Waals surface area contributed by atoms with Crippen LogP contribution in [-0.2, 0) is 4.74 Å². The maximum atomic E-state index is 11.2. The Balaban J connectivity index is 2.08. The molecule has 4 nitrogen and oxygen atoms in total. The van der Waals surface area contributed by atoms with Crippen molar-refractivity contribution >= 4 is 5.97 Å². The van der Waals surface area contributed by atoms with Crippen LogP contribution in [0.2, 0.25) is 0 Å². The van der Waals surface area contributed by atoms with E-state index < -0.39 is 12.1 Å². The van der Waals surface area contributed by atoms with Crippen molar-refractivity contribution < 1.29 is 19.1 Å². The second-order valence-electron chi connectivity index (χ2n) is 4.18. The van der Waals surface area contributed by atoms with E-state index in [2.05, 4.69) is 16.9 Å². The average molecular weight is 236 g/mol. The quantitative estimate of drug-likeness (QED) is 0.647. The Morgan fingerprint density at radius 1 is 1.53 bits per heavy atom. The summed E-state index contributed by atoms with van der Waals surface area (Å²) >= 11 is 0. The molecular weight excluding hydrogens is 220 g/mol. The number of hydrogen-bond acceptors (Lipinski definition) is 4. The third-order valence-electron chi connectivity index (χ3n) is 3.06. The first-order valence-electron chi connectivity index (χ1n) is 5.73. The minimum absolute atomic E-state index is 0.132. The molecule has 2 unspecified atom stereocenters. The molecule has 1 aliphatic carbocycles. The van der Waals surface area contributed by atoms with Crippen LogP contribution in [0.4, 0.5) is 0 Å². The van der Waals surface area contributed by atoms with Crippen LogP contribution in [0, 0.1) is 5.92 Å². The smallest absolute Gasteiger partial charge is 0.373 e. The van der Waals surface area contributed by atoms with Crippen molar-refractivity contribution in [1.29, 1.82) is 0 Å². The van der Waals surface area contributed by atoms with E-state index in [4.69, 9.17) is 4.42 Å². The van der Waals surface area contributed by atoms with Gasteiger partial charge >= 0.3 is 5.97 Å². The van der Waals surface area contributed by atoms with E-state index in [9.17, 15) is 9.90 Å². The van der Waals surface area contributed by atoms with E-state index in [1.165, 1.54) is 13.2 Å². The van der Waals surface area contributed by atoms with Crippen molar-refractivity contribution in [3.8, 4) is 0 Å². The van der Waals surface area contributed by atoms with Crippen LogP contribution in [0.5, 0.6) is 0 Å². The Hall–Kier alpha value is -1.55. The zero-order chi connectivity index (χ0) is 12.3. The van der Waals surface area contributed by atoms with Gasteiger partial charge in [0.2, 0.25) is 5.76 Å². The Morgan fingerprint density at radius 3 is 3.00 bits per heavy atom. The molecule has 0 fully saturated rings. The number of allylic oxidation sites excluding steroid dienone is 2. The summed E-state index contributed by atoms with van der Waals surface area (Å²) in [6, 6.07) is 3.16. The summed E-state index contributed by atoms with van der Waals surface area (Å²) in [5, 5.41) is 10.1. The molecule has 1 N–H and O–H groups in total. The van der Waals surface area contributed by atoms with E-state index in [-0.39, 0.29) is 11.7 Å². The maximum Gasteiger partial charge on any atom is 0.373 e. The Labute approximate surface area is 99.9 Å². The van der Waals surface area contributed by atoms with Gasteiger partial charge in [0.25, 0.3) is 0 Å². The second kappa shape index (κ2) is 5.19. The fourth-order valence-electron chi connectivity index (χ4n) is 2.06. The molecule has 0 saturated heterocycles. The van der Waals surface area contributed by atoms with Crippen LogP contribution >= 0.6 is 0 Å². The van der Waals surface area contributed by atoms with Crippen LogP contribution in [0.25, 0.3) is 0 Å². The molecule has 0 radical (unpaired) electrons. The molecule has 1 aromatic heterocycles. The van der Waals surface area contributed by atoms with Crippen molar-refractivity contribution in [3.63, 3.8) is 0 Å². The van der Waals surface area contributed by atoms with Crippen LogP contribution in [0.1, 0.15) is 41.7 Å². The van der Waals surface area contributed by atoms with Gasteiger partial charge in [-0.05, 0) is 37.3 Å². The van der Waals surface area contributed by atoms with Crippen LogP contribution in [0.3, 0.4) is 0 Å². The van der Waals surface area contributed by atoms with Crippen molar-refractivity contribution in [3.05, 3.63) is 35.8 Å². The zero-order valence-corrected chi connectivity index (χ0v) is 9.76. The minimum atomic E-state index is -0.654. The highest BCUT2D eigenvalue weighted by molar-refractivity contribution is 5.86. The van der Waals surface area contributed by atoms with Gasteiger partial charge in [-0.15, -0.1) is 0 Å². The van der Waals surface area contributed by atoms with E-state index in [0.29, 0.717) is 5.76 Å². The molecule has 0 amide bonds. The van der Waals surface area contributed by atoms with E-state index in [0.717, 1.165) is 19.3 Å². The van der Waals surface area contributed by atoms with Crippen molar-refractivity contribution in [2.75, 3.05) is 7.11 Å². The fourth-order valence-corrected chi connectivity index (χ4v) is 2.06. The number of aliphatic hydroxyl groups is 1. The lowest BCUT2D eigenvalue weighted by atomic mass is 9.88. The Bertz CT molecular complexity index is 419. The molecule has 0 saturated carbocycles. The number of methoxy groups -OCH3 is 1. The van der Waals surface area contributed by atoms with Gasteiger partial charge in [0.1, 0.15) is 11.9 Å². The summed E-state index contributed by atoms with van der Waals surface area (Å²) in [7, 11) is 1.30. The average Bonchev–Trinajstić information content (AvgIpc) is 2.87. The normalized spacial score (nSPS) is 21.2. The summed E-state index contributed by atoms with van der Waals surface area (Å²) in [6.07, 6.45) is 6.29. The number of ether oxygens (including phenoxy) is 1. The Morgan fingerprint density at radius 2 is 2.35 bits per heavy atom. The summed E-state index contributed by atoms with van der Waals surface area (Å²) in [4.78, 5) is 11.2. The van der Waals surface area contributed by atoms with E-state index >= 15 is 0 Å². The zero-order valence-electron chi connectivity index (χ0n) is 9.76. The lowest BCUT2D eigenvalue weighted by Crippen LogP contribution is -2.13. The molecule has 17 heavy (non-hydrogen) atoms. The summed E-state index contributed by atoms with van der Waals surface area (Å²) in [6.45, 7) is 0. The lowest BCUT2D eigenvalue weighted by Gasteiger charge is -2.21. The van der Waals surface area contributed by atoms with Gasteiger partial charge < -0.3 is 14.3 Å². The number of aliphatic hydroxyl groups excluding tert-OH is 1. The molecule has 92 valence electrons. The SMILES string of the molecule is COC(=O)c1ccc(C(O)C2CC=CCC2)o1. The highest BCUT2D eigenvalue weighted by Gasteiger charge is 2.24. The van der Waals surface area contributed by atoms with Gasteiger partial charge in [0, 0.05) is 0 Å². The molecule has 1 aliphatic rings. The first-order valence-corrected chi connectivity index (χ1v) is 5.73. The molecular formula is C13H16O4. The molecule has 0 spiro atoms. The highest BCUT2D eigenvalue weighted by Crippen LogP contribution is 2.32.